The maximum atomic E-state index is 10.0. The van der Waals surface area contributed by atoms with Crippen LogP contribution in [0.1, 0.15) is 49.3 Å². The lowest BCUT2D eigenvalue weighted by atomic mass is 9.91. The Morgan fingerprint density at radius 2 is 1.88 bits per heavy atom. The van der Waals surface area contributed by atoms with Gasteiger partial charge in [0.1, 0.15) is 0 Å². The van der Waals surface area contributed by atoms with Crippen molar-refractivity contribution in [2.45, 2.75) is 56.7 Å². The van der Waals surface area contributed by atoms with Crippen molar-refractivity contribution in [2.24, 2.45) is 0 Å². The highest BCUT2D eigenvalue weighted by Gasteiger charge is 2.28. The van der Waals surface area contributed by atoms with E-state index in [4.69, 9.17) is 0 Å². The fourth-order valence-corrected chi connectivity index (χ4v) is 3.29. The first-order valence-corrected chi connectivity index (χ1v) is 6.86. The van der Waals surface area contributed by atoms with E-state index in [2.05, 4.69) is 29.6 Å². The van der Waals surface area contributed by atoms with Crippen LogP contribution in [0.4, 0.5) is 0 Å². The SMILES string of the molecule is O[C@@H]1CCCC[C@H]1NC1CCc2ccccc21. The highest BCUT2D eigenvalue weighted by atomic mass is 16.3. The molecule has 1 aromatic carbocycles. The van der Waals surface area contributed by atoms with E-state index in [1.165, 1.54) is 36.8 Å². The van der Waals surface area contributed by atoms with Gasteiger partial charge in [-0.3, -0.25) is 0 Å². The van der Waals surface area contributed by atoms with Gasteiger partial charge in [-0.1, -0.05) is 37.1 Å². The molecule has 2 N–H and O–H groups in total. The van der Waals surface area contributed by atoms with Crippen molar-refractivity contribution in [3.63, 3.8) is 0 Å². The molecule has 0 bridgehead atoms. The lowest BCUT2D eigenvalue weighted by molar-refractivity contribution is 0.0848. The van der Waals surface area contributed by atoms with Gasteiger partial charge in [0.05, 0.1) is 6.10 Å². The van der Waals surface area contributed by atoms with Crippen LogP contribution in [-0.4, -0.2) is 17.3 Å². The maximum absolute atomic E-state index is 10.0. The second-order valence-electron chi connectivity index (χ2n) is 5.42. The van der Waals surface area contributed by atoms with Gasteiger partial charge in [-0.2, -0.15) is 0 Å². The summed E-state index contributed by atoms with van der Waals surface area (Å²) < 4.78 is 0. The molecule has 2 nitrogen and oxygen atoms in total. The fraction of sp³-hybridized carbons (Fsp3) is 0.600. The van der Waals surface area contributed by atoms with Gasteiger partial charge >= 0.3 is 0 Å². The van der Waals surface area contributed by atoms with Crippen LogP contribution in [0, 0.1) is 0 Å². The van der Waals surface area contributed by atoms with Gasteiger partial charge in [0.25, 0.3) is 0 Å². The van der Waals surface area contributed by atoms with Gasteiger partial charge in [0.15, 0.2) is 0 Å². The molecule has 92 valence electrons. The summed E-state index contributed by atoms with van der Waals surface area (Å²) in [6, 6.07) is 9.47. The zero-order valence-electron chi connectivity index (χ0n) is 10.2. The van der Waals surface area contributed by atoms with Crippen molar-refractivity contribution in [3.8, 4) is 0 Å². The number of rotatable bonds is 2. The Morgan fingerprint density at radius 3 is 2.76 bits per heavy atom. The third-order valence-electron chi connectivity index (χ3n) is 4.28. The highest BCUT2D eigenvalue weighted by molar-refractivity contribution is 5.34. The van der Waals surface area contributed by atoms with Crippen molar-refractivity contribution in [1.29, 1.82) is 0 Å². The normalized spacial score (nSPS) is 32.4. The molecule has 1 unspecified atom stereocenters. The van der Waals surface area contributed by atoms with Crippen LogP contribution in [0.15, 0.2) is 24.3 Å². The Labute approximate surface area is 103 Å². The quantitative estimate of drug-likeness (QED) is 0.820. The van der Waals surface area contributed by atoms with Crippen LogP contribution in [0.3, 0.4) is 0 Å². The molecule has 3 rings (SSSR count). The summed E-state index contributed by atoms with van der Waals surface area (Å²) in [6.07, 6.45) is 6.74. The molecule has 1 saturated carbocycles. The van der Waals surface area contributed by atoms with E-state index in [1.807, 2.05) is 0 Å². The van der Waals surface area contributed by atoms with Crippen molar-refractivity contribution >= 4 is 0 Å². The highest BCUT2D eigenvalue weighted by Crippen LogP contribution is 2.32. The van der Waals surface area contributed by atoms with Crippen LogP contribution in [0.5, 0.6) is 0 Å². The molecule has 2 aliphatic rings. The predicted molar refractivity (Wildman–Crippen MR) is 68.9 cm³/mol. The van der Waals surface area contributed by atoms with Gasteiger partial charge in [-0.05, 0) is 36.8 Å². The summed E-state index contributed by atoms with van der Waals surface area (Å²) >= 11 is 0. The predicted octanol–water partition coefficient (Wildman–Crippen LogP) is 2.57. The lowest BCUT2D eigenvalue weighted by Crippen LogP contribution is -2.43. The van der Waals surface area contributed by atoms with E-state index in [0.717, 1.165) is 12.8 Å². The van der Waals surface area contributed by atoms with Crippen molar-refractivity contribution in [2.75, 3.05) is 0 Å². The summed E-state index contributed by atoms with van der Waals surface area (Å²) in [7, 11) is 0. The molecule has 0 radical (unpaired) electrons. The molecule has 2 aliphatic carbocycles. The standard InChI is InChI=1S/C15H21NO/c17-15-8-4-3-7-14(15)16-13-10-9-11-5-1-2-6-12(11)13/h1-2,5-6,13-17H,3-4,7-10H2/t13?,14-,15-/m1/s1. The molecule has 0 aromatic heterocycles. The van der Waals surface area contributed by atoms with E-state index >= 15 is 0 Å². The van der Waals surface area contributed by atoms with Crippen molar-refractivity contribution in [1.82, 2.24) is 5.32 Å². The van der Waals surface area contributed by atoms with E-state index in [0.29, 0.717) is 12.1 Å². The summed E-state index contributed by atoms with van der Waals surface area (Å²) in [5.74, 6) is 0. The molecule has 0 aliphatic heterocycles. The van der Waals surface area contributed by atoms with E-state index in [9.17, 15) is 5.11 Å². The lowest BCUT2D eigenvalue weighted by Gasteiger charge is -2.31. The largest absolute Gasteiger partial charge is 0.392 e. The Balaban J connectivity index is 1.70. The third-order valence-corrected chi connectivity index (χ3v) is 4.28. The molecular formula is C15H21NO. The molecular weight excluding hydrogens is 210 g/mol. The van der Waals surface area contributed by atoms with Crippen LogP contribution >= 0.6 is 0 Å². The number of hydrogen-bond donors (Lipinski definition) is 2. The van der Waals surface area contributed by atoms with Crippen LogP contribution < -0.4 is 5.32 Å². The summed E-state index contributed by atoms with van der Waals surface area (Å²) in [5.41, 5.74) is 2.93. The Kier molecular flexibility index (Phi) is 3.17. The summed E-state index contributed by atoms with van der Waals surface area (Å²) in [5, 5.41) is 13.7. The third kappa shape index (κ3) is 2.24. The van der Waals surface area contributed by atoms with Gasteiger partial charge in [-0.25, -0.2) is 0 Å². The van der Waals surface area contributed by atoms with Gasteiger partial charge in [0.2, 0.25) is 0 Å². The van der Waals surface area contributed by atoms with E-state index in [1.54, 1.807) is 0 Å². The zero-order valence-corrected chi connectivity index (χ0v) is 10.2. The van der Waals surface area contributed by atoms with Crippen molar-refractivity contribution in [3.05, 3.63) is 35.4 Å². The van der Waals surface area contributed by atoms with Gasteiger partial charge in [0, 0.05) is 12.1 Å². The molecule has 0 heterocycles. The number of aliphatic hydroxyl groups excluding tert-OH is 1. The minimum atomic E-state index is -0.142. The number of fused-ring (bicyclic) bond motifs is 1. The topological polar surface area (TPSA) is 32.3 Å². The maximum Gasteiger partial charge on any atom is 0.0693 e. The monoisotopic (exact) mass is 231 g/mol. The minimum absolute atomic E-state index is 0.142. The van der Waals surface area contributed by atoms with Gasteiger partial charge < -0.3 is 10.4 Å². The number of hydrogen-bond acceptors (Lipinski definition) is 2. The molecule has 2 heteroatoms. The number of aryl methyl sites for hydroxylation is 1. The summed E-state index contributed by atoms with van der Waals surface area (Å²) in [6.45, 7) is 0. The second kappa shape index (κ2) is 4.79. The number of aliphatic hydroxyl groups is 1. The molecule has 1 fully saturated rings. The van der Waals surface area contributed by atoms with Gasteiger partial charge in [-0.15, -0.1) is 0 Å². The fourth-order valence-electron chi connectivity index (χ4n) is 3.29. The second-order valence-corrected chi connectivity index (χ2v) is 5.42. The first kappa shape index (κ1) is 11.2. The van der Waals surface area contributed by atoms with E-state index in [-0.39, 0.29) is 6.10 Å². The molecule has 0 spiro atoms. The average molecular weight is 231 g/mol. The molecule has 0 amide bonds. The average Bonchev–Trinajstić information content (AvgIpc) is 2.76. The zero-order chi connectivity index (χ0) is 11.7. The molecule has 3 atom stereocenters. The minimum Gasteiger partial charge on any atom is -0.392 e. The number of benzene rings is 1. The Hall–Kier alpha value is -0.860. The molecule has 0 saturated heterocycles. The Bertz CT molecular complexity index is 390. The van der Waals surface area contributed by atoms with E-state index < -0.39 is 0 Å². The molecule has 17 heavy (non-hydrogen) atoms. The van der Waals surface area contributed by atoms with Crippen LogP contribution in [0.25, 0.3) is 0 Å². The number of nitrogens with one attached hydrogen (secondary N) is 1. The smallest absolute Gasteiger partial charge is 0.0693 e. The first-order chi connectivity index (χ1) is 8.34. The summed E-state index contributed by atoms with van der Waals surface area (Å²) in [4.78, 5) is 0. The molecule has 1 aromatic rings. The first-order valence-electron chi connectivity index (χ1n) is 6.86. The van der Waals surface area contributed by atoms with Crippen LogP contribution in [0.2, 0.25) is 0 Å². The van der Waals surface area contributed by atoms with Crippen LogP contribution in [-0.2, 0) is 6.42 Å². The van der Waals surface area contributed by atoms with Crippen molar-refractivity contribution < 1.29 is 5.11 Å². The Morgan fingerprint density at radius 1 is 1.06 bits per heavy atom.